The van der Waals surface area contributed by atoms with E-state index in [1.807, 2.05) is 12.1 Å². The number of thiophene rings is 1. The van der Waals surface area contributed by atoms with Gasteiger partial charge >= 0.3 is 0 Å². The second-order valence-corrected chi connectivity index (χ2v) is 20.2. The summed E-state index contributed by atoms with van der Waals surface area (Å²) in [6, 6.07) is 82.9. The summed E-state index contributed by atoms with van der Waals surface area (Å²) < 4.78 is 11.5. The molecule has 0 fully saturated rings. The van der Waals surface area contributed by atoms with E-state index < -0.39 is 0 Å². The van der Waals surface area contributed by atoms with Gasteiger partial charge in [0.05, 0.1) is 66.6 Å². The first kappa shape index (κ1) is 39.9. The zero-order valence-corrected chi connectivity index (χ0v) is 39.7. The first-order valence-corrected chi connectivity index (χ1v) is 25.3. The van der Waals surface area contributed by atoms with E-state index in [0.29, 0.717) is 22.5 Å². The highest BCUT2D eigenvalue weighted by Gasteiger charge is 2.24. The van der Waals surface area contributed by atoms with E-state index in [-0.39, 0.29) is 0 Å². The van der Waals surface area contributed by atoms with Crippen molar-refractivity contribution < 1.29 is 0 Å². The maximum Gasteiger partial charge on any atom is 0.101 e. The van der Waals surface area contributed by atoms with E-state index in [4.69, 9.17) is 0 Å². The largest absolute Gasteiger partial charge is 0.309 e. The Bertz CT molecular complexity index is 5090. The number of hydrogen-bond donors (Lipinski definition) is 0. The first-order chi connectivity index (χ1) is 36.1. The van der Waals surface area contributed by atoms with Crippen LogP contribution in [-0.4, -0.2) is 18.3 Å². The van der Waals surface area contributed by atoms with Crippen molar-refractivity contribution in [2.24, 2.45) is 0 Å². The molecule has 0 unspecified atom stereocenters. The zero-order chi connectivity index (χ0) is 48.1. The smallest absolute Gasteiger partial charge is 0.101 e. The Kier molecular flexibility index (Phi) is 8.09. The fraction of sp³-hybridized carbons (Fsp3) is 0. The second kappa shape index (κ2) is 14.8. The highest BCUT2D eigenvalue weighted by molar-refractivity contribution is 7.25. The summed E-state index contributed by atoms with van der Waals surface area (Å²) in [4.78, 5) is 0. The summed E-state index contributed by atoms with van der Waals surface area (Å²) in [5.41, 5.74) is 12.7. The average molecular weight is 945 g/mol. The first-order valence-electron chi connectivity index (χ1n) is 24.4. The van der Waals surface area contributed by atoms with Crippen LogP contribution in [0.5, 0.6) is 0 Å². The van der Waals surface area contributed by atoms with Gasteiger partial charge in [-0.1, -0.05) is 121 Å². The van der Waals surface area contributed by atoms with E-state index in [1.165, 1.54) is 37.0 Å². The molecule has 0 aliphatic carbocycles. The van der Waals surface area contributed by atoms with Crippen LogP contribution in [0.2, 0.25) is 0 Å². The molecule has 0 saturated heterocycles. The van der Waals surface area contributed by atoms with E-state index in [2.05, 4.69) is 237 Å². The molecule has 0 atom stereocenters. The number of rotatable bonds is 4. The van der Waals surface area contributed by atoms with Crippen LogP contribution in [0.3, 0.4) is 0 Å². The van der Waals surface area contributed by atoms with Crippen molar-refractivity contribution >= 4 is 130 Å². The molecule has 0 aliphatic heterocycles. The Balaban J connectivity index is 0.963. The zero-order valence-electron chi connectivity index (χ0n) is 38.9. The minimum Gasteiger partial charge on any atom is -0.309 e. The van der Waals surface area contributed by atoms with Gasteiger partial charge in [0.15, 0.2) is 0 Å². The summed E-state index contributed by atoms with van der Waals surface area (Å²) in [7, 11) is 0. The normalized spacial score (nSPS) is 12.1. The van der Waals surface area contributed by atoms with Gasteiger partial charge in [-0.3, -0.25) is 0 Å². The molecule has 16 rings (SSSR count). The van der Waals surface area contributed by atoms with E-state index in [0.717, 1.165) is 92.5 Å². The fourth-order valence-corrected chi connectivity index (χ4v) is 13.4. The van der Waals surface area contributed by atoms with Gasteiger partial charge in [0, 0.05) is 74.6 Å². The van der Waals surface area contributed by atoms with Crippen molar-refractivity contribution in [2.45, 2.75) is 0 Å². The molecule has 0 N–H and O–H groups in total. The van der Waals surface area contributed by atoms with E-state index in [9.17, 15) is 10.5 Å². The van der Waals surface area contributed by atoms with Crippen LogP contribution >= 0.6 is 11.3 Å². The van der Waals surface area contributed by atoms with Crippen molar-refractivity contribution in [3.8, 4) is 34.9 Å². The molecular formula is C66H36N6S. The number of benzene rings is 11. The molecule has 5 heterocycles. The summed E-state index contributed by atoms with van der Waals surface area (Å²) >= 11 is 1.78. The highest BCUT2D eigenvalue weighted by Crippen LogP contribution is 2.45. The van der Waals surface area contributed by atoms with Crippen LogP contribution in [0.25, 0.3) is 141 Å². The molecule has 0 amide bonds. The third kappa shape index (κ3) is 5.43. The molecule has 6 nitrogen and oxygen atoms in total. The summed E-state index contributed by atoms with van der Waals surface area (Å²) in [6.07, 6.45) is 0. The molecule has 11 aromatic carbocycles. The lowest BCUT2D eigenvalue weighted by Crippen LogP contribution is -2.04. The number of hydrogen-bond acceptors (Lipinski definition) is 3. The topological polar surface area (TPSA) is 67.3 Å². The molecule has 0 radical (unpaired) electrons. The number of fused-ring (bicyclic) bond motifs is 17. The number of nitriles is 2. The minimum atomic E-state index is 0.465. The lowest BCUT2D eigenvalue weighted by Gasteiger charge is -2.16. The molecule has 5 aromatic heterocycles. The molecule has 0 spiro atoms. The van der Waals surface area contributed by atoms with Gasteiger partial charge in [-0.25, -0.2) is 0 Å². The van der Waals surface area contributed by atoms with Gasteiger partial charge in [-0.2, -0.15) is 10.5 Å². The molecule has 336 valence electrons. The number of nitrogens with zero attached hydrogens (tertiary/aromatic N) is 6. The predicted molar refractivity (Wildman–Crippen MR) is 304 cm³/mol. The van der Waals surface area contributed by atoms with Gasteiger partial charge in [-0.15, -0.1) is 11.3 Å². The highest BCUT2D eigenvalue weighted by atomic mass is 32.1. The molecule has 7 heteroatoms. The molecule has 73 heavy (non-hydrogen) atoms. The predicted octanol–water partition coefficient (Wildman–Crippen LogP) is 17.3. The Morgan fingerprint density at radius 2 is 0.726 bits per heavy atom. The lowest BCUT2D eigenvalue weighted by atomic mass is 10.0. The molecule has 0 aliphatic rings. The van der Waals surface area contributed by atoms with Crippen LogP contribution in [0.4, 0.5) is 0 Å². The quantitative estimate of drug-likeness (QED) is 0.176. The van der Waals surface area contributed by atoms with Gasteiger partial charge in [-0.05, 0) is 108 Å². The van der Waals surface area contributed by atoms with E-state index >= 15 is 0 Å². The maximum absolute atomic E-state index is 11.4. The average Bonchev–Trinajstić information content (AvgIpc) is 4.24. The van der Waals surface area contributed by atoms with E-state index in [1.54, 1.807) is 11.3 Å². The second-order valence-electron chi connectivity index (χ2n) is 19.1. The van der Waals surface area contributed by atoms with Crippen molar-refractivity contribution in [3.05, 3.63) is 230 Å². The van der Waals surface area contributed by atoms with Gasteiger partial charge in [0.1, 0.15) is 12.1 Å². The Morgan fingerprint density at radius 1 is 0.288 bits per heavy atom. The van der Waals surface area contributed by atoms with Crippen molar-refractivity contribution in [3.63, 3.8) is 0 Å². The molecule has 0 bridgehead atoms. The molecule has 0 saturated carbocycles. The fourth-order valence-electron chi connectivity index (χ4n) is 12.3. The van der Waals surface area contributed by atoms with Gasteiger partial charge < -0.3 is 18.3 Å². The Morgan fingerprint density at radius 3 is 1.30 bits per heavy atom. The standard InChI is InChI=1S/C66H36N6S/c67-37-40-32-62(72-58-29-26-42(69-54-20-8-3-15-45(54)46-16-4-9-21-55(46)69)33-50(58)51-35-52-49-19-7-12-24-64(49)73-65(52)36-63(51)72)41(38-68)31-61(40)71-59-30-27-43(34-53(59)66-44-14-2-1-13-39(44)25-28-60(66)71)70-56-22-10-5-17-47(56)48-18-6-11-23-57(48)70/h1-36H. The van der Waals surface area contributed by atoms with Crippen LogP contribution in [0, 0.1) is 22.7 Å². The summed E-state index contributed by atoms with van der Waals surface area (Å²) in [5, 5.41) is 36.6. The minimum absolute atomic E-state index is 0.465. The SMILES string of the molecule is N#Cc1cc(-n2c3ccc(-n4c5ccccc5c5ccccc54)cc3c3c4ccccc4ccc32)c(C#N)cc1-n1c2ccc(-n3c4ccccc4c4ccccc43)cc2c2cc3c(cc21)sc1ccccc13. The summed E-state index contributed by atoms with van der Waals surface area (Å²) in [5.74, 6) is 0. The number of aromatic nitrogens is 4. The summed E-state index contributed by atoms with van der Waals surface area (Å²) in [6.45, 7) is 0. The number of para-hydroxylation sites is 4. The monoisotopic (exact) mass is 944 g/mol. The van der Waals surface area contributed by atoms with Gasteiger partial charge in [0.25, 0.3) is 0 Å². The van der Waals surface area contributed by atoms with Gasteiger partial charge in [0.2, 0.25) is 0 Å². The van der Waals surface area contributed by atoms with Crippen LogP contribution in [-0.2, 0) is 0 Å². The van der Waals surface area contributed by atoms with Crippen molar-refractivity contribution in [1.82, 2.24) is 18.3 Å². The lowest BCUT2D eigenvalue weighted by molar-refractivity contribution is 1.12. The van der Waals surface area contributed by atoms with Crippen molar-refractivity contribution in [2.75, 3.05) is 0 Å². The molecular weight excluding hydrogens is 909 g/mol. The third-order valence-corrected chi connectivity index (χ3v) is 16.5. The van der Waals surface area contributed by atoms with Crippen LogP contribution in [0.15, 0.2) is 218 Å². The van der Waals surface area contributed by atoms with Crippen LogP contribution < -0.4 is 0 Å². The Labute approximate surface area is 420 Å². The Hall–Kier alpha value is -9.92. The molecule has 16 aromatic rings. The van der Waals surface area contributed by atoms with Crippen LogP contribution in [0.1, 0.15) is 11.1 Å². The van der Waals surface area contributed by atoms with Crippen molar-refractivity contribution in [1.29, 1.82) is 10.5 Å². The third-order valence-electron chi connectivity index (χ3n) is 15.4. The maximum atomic E-state index is 11.4.